The minimum Gasteiger partial charge on any atom is -0.465 e. The van der Waals surface area contributed by atoms with Crippen LogP contribution in [0.3, 0.4) is 0 Å². The highest BCUT2D eigenvalue weighted by Gasteiger charge is 2.19. The molecule has 0 spiro atoms. The molecule has 84 valence electrons. The van der Waals surface area contributed by atoms with Gasteiger partial charge in [0.25, 0.3) is 0 Å². The second-order valence-corrected chi connectivity index (χ2v) is 4.62. The Labute approximate surface area is 94.2 Å². The van der Waals surface area contributed by atoms with E-state index >= 15 is 0 Å². The molecule has 2 N–H and O–H groups in total. The van der Waals surface area contributed by atoms with Crippen molar-refractivity contribution < 1.29 is 9.53 Å². The van der Waals surface area contributed by atoms with Crippen LogP contribution in [0.5, 0.6) is 0 Å². The summed E-state index contributed by atoms with van der Waals surface area (Å²) in [5.41, 5.74) is 7.34. The minimum absolute atomic E-state index is 0.330. The summed E-state index contributed by atoms with van der Waals surface area (Å²) < 4.78 is 4.70. The Hall–Kier alpha value is -1.03. The number of nitrogens with two attached hydrogens (primary N) is 1. The number of thiophene rings is 1. The highest BCUT2D eigenvalue weighted by molar-refractivity contribution is 7.16. The molecule has 0 aliphatic heterocycles. The van der Waals surface area contributed by atoms with E-state index in [2.05, 4.69) is 6.92 Å². The molecular formula is C11H17NO2S. The molecule has 0 saturated carbocycles. The maximum Gasteiger partial charge on any atom is 0.341 e. The number of hydrogen-bond acceptors (Lipinski definition) is 4. The lowest BCUT2D eigenvalue weighted by Gasteiger charge is -2.00. The van der Waals surface area contributed by atoms with E-state index in [9.17, 15) is 4.79 Å². The van der Waals surface area contributed by atoms with Gasteiger partial charge in [-0.2, -0.15) is 0 Å². The highest BCUT2D eigenvalue weighted by Crippen LogP contribution is 2.31. The first-order chi connectivity index (χ1) is 7.11. The third-order valence-corrected chi connectivity index (χ3v) is 3.60. The average Bonchev–Trinajstić information content (AvgIpc) is 2.50. The Morgan fingerprint density at radius 3 is 2.73 bits per heavy atom. The van der Waals surface area contributed by atoms with E-state index in [0.29, 0.717) is 10.6 Å². The SMILES string of the molecule is CCCCc1sc(N)c(C(=O)OC)c1C. The van der Waals surface area contributed by atoms with E-state index in [4.69, 9.17) is 10.5 Å². The molecule has 3 nitrogen and oxygen atoms in total. The van der Waals surface area contributed by atoms with Crippen LogP contribution in [0.4, 0.5) is 5.00 Å². The zero-order valence-corrected chi connectivity index (χ0v) is 10.2. The van der Waals surface area contributed by atoms with Crippen molar-refractivity contribution in [3.63, 3.8) is 0 Å². The maximum absolute atomic E-state index is 11.4. The van der Waals surface area contributed by atoms with Crippen LogP contribution in [0.2, 0.25) is 0 Å². The highest BCUT2D eigenvalue weighted by atomic mass is 32.1. The molecule has 15 heavy (non-hydrogen) atoms. The normalized spacial score (nSPS) is 10.3. The summed E-state index contributed by atoms with van der Waals surface area (Å²) in [6.07, 6.45) is 3.26. The van der Waals surface area contributed by atoms with Gasteiger partial charge in [0.05, 0.1) is 12.7 Å². The summed E-state index contributed by atoms with van der Waals surface area (Å²) in [6.45, 7) is 4.08. The molecule has 0 atom stereocenters. The van der Waals surface area contributed by atoms with Crippen LogP contribution in [0.25, 0.3) is 0 Å². The molecular weight excluding hydrogens is 210 g/mol. The van der Waals surface area contributed by atoms with E-state index < -0.39 is 0 Å². The first-order valence-corrected chi connectivity index (χ1v) is 5.89. The number of aryl methyl sites for hydroxylation is 1. The zero-order chi connectivity index (χ0) is 11.4. The molecule has 0 aliphatic carbocycles. The summed E-state index contributed by atoms with van der Waals surface area (Å²) in [6, 6.07) is 0. The number of anilines is 1. The molecule has 4 heteroatoms. The number of carbonyl (C=O) groups excluding carboxylic acids is 1. The number of hydrogen-bond donors (Lipinski definition) is 1. The van der Waals surface area contributed by atoms with Crippen molar-refractivity contribution in [3.8, 4) is 0 Å². The first kappa shape index (κ1) is 12.0. The van der Waals surface area contributed by atoms with Crippen LogP contribution >= 0.6 is 11.3 Å². The summed E-state index contributed by atoms with van der Waals surface area (Å²) in [5.74, 6) is -0.330. The van der Waals surface area contributed by atoms with Gasteiger partial charge in [-0.15, -0.1) is 11.3 Å². The van der Waals surface area contributed by atoms with Crippen molar-refractivity contribution >= 4 is 22.3 Å². The molecule has 0 amide bonds. The average molecular weight is 227 g/mol. The molecule has 0 radical (unpaired) electrons. The largest absolute Gasteiger partial charge is 0.465 e. The second kappa shape index (κ2) is 5.16. The third-order valence-electron chi connectivity index (χ3n) is 2.42. The lowest BCUT2D eigenvalue weighted by Crippen LogP contribution is -2.04. The standard InChI is InChI=1S/C11H17NO2S/c1-4-5-6-8-7(2)9(10(12)15-8)11(13)14-3/h4-6,12H2,1-3H3. The predicted octanol–water partition coefficient (Wildman–Crippen LogP) is 2.77. The number of unbranched alkanes of at least 4 members (excludes halogenated alkanes) is 1. The van der Waals surface area contributed by atoms with Gasteiger partial charge in [0.1, 0.15) is 5.00 Å². The smallest absolute Gasteiger partial charge is 0.341 e. The molecule has 1 aromatic heterocycles. The van der Waals surface area contributed by atoms with Gasteiger partial charge >= 0.3 is 5.97 Å². The van der Waals surface area contributed by atoms with Gasteiger partial charge < -0.3 is 10.5 Å². The summed E-state index contributed by atoms with van der Waals surface area (Å²) in [4.78, 5) is 12.7. The van der Waals surface area contributed by atoms with Crippen LogP contribution in [0.15, 0.2) is 0 Å². The number of methoxy groups -OCH3 is 1. The van der Waals surface area contributed by atoms with Crippen LogP contribution in [-0.4, -0.2) is 13.1 Å². The first-order valence-electron chi connectivity index (χ1n) is 5.07. The maximum atomic E-state index is 11.4. The lowest BCUT2D eigenvalue weighted by atomic mass is 10.1. The number of ether oxygens (including phenoxy) is 1. The quantitative estimate of drug-likeness (QED) is 0.805. The van der Waals surface area contributed by atoms with Gasteiger partial charge in [-0.1, -0.05) is 13.3 Å². The molecule has 1 rings (SSSR count). The molecule has 0 unspecified atom stereocenters. The van der Waals surface area contributed by atoms with Crippen molar-refractivity contribution in [1.29, 1.82) is 0 Å². The molecule has 0 fully saturated rings. The van der Waals surface area contributed by atoms with Crippen LogP contribution < -0.4 is 5.73 Å². The van der Waals surface area contributed by atoms with Gasteiger partial charge in [0.2, 0.25) is 0 Å². The molecule has 0 bridgehead atoms. The topological polar surface area (TPSA) is 52.3 Å². The van der Waals surface area contributed by atoms with Gasteiger partial charge in [0, 0.05) is 4.88 Å². The Morgan fingerprint density at radius 2 is 2.20 bits per heavy atom. The Morgan fingerprint density at radius 1 is 1.53 bits per heavy atom. The Kier molecular flexibility index (Phi) is 4.15. The Balaban J connectivity index is 2.98. The lowest BCUT2D eigenvalue weighted by molar-refractivity contribution is 0.0601. The molecule has 0 saturated heterocycles. The number of esters is 1. The fourth-order valence-corrected chi connectivity index (χ4v) is 2.62. The minimum atomic E-state index is -0.330. The summed E-state index contributed by atoms with van der Waals surface area (Å²) in [7, 11) is 1.38. The van der Waals surface area contributed by atoms with Gasteiger partial charge in [-0.3, -0.25) is 0 Å². The van der Waals surface area contributed by atoms with Crippen LogP contribution in [-0.2, 0) is 11.2 Å². The molecule has 0 aliphatic rings. The van der Waals surface area contributed by atoms with Crippen molar-refractivity contribution in [3.05, 3.63) is 16.0 Å². The van der Waals surface area contributed by atoms with Crippen molar-refractivity contribution in [2.24, 2.45) is 0 Å². The molecule has 1 heterocycles. The van der Waals surface area contributed by atoms with Gasteiger partial charge in [-0.05, 0) is 25.3 Å². The molecule has 0 aromatic carbocycles. The number of rotatable bonds is 4. The summed E-state index contributed by atoms with van der Waals surface area (Å²) in [5, 5.41) is 0.574. The van der Waals surface area contributed by atoms with E-state index in [1.54, 1.807) is 0 Å². The number of carbonyl (C=O) groups is 1. The fourth-order valence-electron chi connectivity index (χ4n) is 1.52. The van der Waals surface area contributed by atoms with E-state index in [-0.39, 0.29) is 5.97 Å². The molecule has 1 aromatic rings. The van der Waals surface area contributed by atoms with Crippen molar-refractivity contribution in [2.45, 2.75) is 33.1 Å². The predicted molar refractivity (Wildman–Crippen MR) is 63.4 cm³/mol. The van der Waals surface area contributed by atoms with Crippen molar-refractivity contribution in [2.75, 3.05) is 12.8 Å². The van der Waals surface area contributed by atoms with Crippen molar-refractivity contribution in [1.82, 2.24) is 0 Å². The van der Waals surface area contributed by atoms with E-state index in [1.807, 2.05) is 6.92 Å². The van der Waals surface area contributed by atoms with E-state index in [0.717, 1.165) is 24.8 Å². The zero-order valence-electron chi connectivity index (χ0n) is 9.42. The third kappa shape index (κ3) is 2.50. The Bertz CT molecular complexity index is 358. The monoisotopic (exact) mass is 227 g/mol. The summed E-state index contributed by atoms with van der Waals surface area (Å²) >= 11 is 1.50. The van der Waals surface area contributed by atoms with Crippen LogP contribution in [0, 0.1) is 6.92 Å². The van der Waals surface area contributed by atoms with E-state index in [1.165, 1.54) is 23.3 Å². The van der Waals surface area contributed by atoms with Crippen LogP contribution in [0.1, 0.15) is 40.6 Å². The number of nitrogen functional groups attached to an aromatic ring is 1. The second-order valence-electron chi connectivity index (χ2n) is 3.48. The fraction of sp³-hybridized carbons (Fsp3) is 0.545. The van der Waals surface area contributed by atoms with Gasteiger partial charge in [-0.25, -0.2) is 4.79 Å². The van der Waals surface area contributed by atoms with Gasteiger partial charge in [0.15, 0.2) is 0 Å².